The molecule has 1 aromatic rings. The zero-order chi connectivity index (χ0) is 10.7. The maximum Gasteiger partial charge on any atom is 0.307 e. The van der Waals surface area contributed by atoms with Gasteiger partial charge in [0.25, 0.3) is 0 Å². The molecule has 0 spiro atoms. The molecule has 0 aromatic heterocycles. The number of aliphatic carboxylic acids is 1. The molecule has 1 aromatic carbocycles. The SMILES string of the molecule is N#Cc1c(CC(=O)O)ccc(F)c1Cl. The molecule has 1 N–H and O–H groups in total. The molecule has 0 radical (unpaired) electrons. The van der Waals surface area contributed by atoms with Crippen LogP contribution in [0.1, 0.15) is 11.1 Å². The van der Waals surface area contributed by atoms with Gasteiger partial charge in [0.05, 0.1) is 17.0 Å². The number of hydrogen-bond donors (Lipinski definition) is 1. The van der Waals surface area contributed by atoms with E-state index < -0.39 is 11.8 Å². The molecule has 0 aliphatic heterocycles. The summed E-state index contributed by atoms with van der Waals surface area (Å²) in [5.74, 6) is -1.82. The van der Waals surface area contributed by atoms with Crippen molar-refractivity contribution in [3.05, 3.63) is 34.1 Å². The number of carbonyl (C=O) groups is 1. The van der Waals surface area contributed by atoms with Gasteiger partial charge in [-0.05, 0) is 11.6 Å². The van der Waals surface area contributed by atoms with Gasteiger partial charge in [-0.25, -0.2) is 4.39 Å². The molecule has 1 rings (SSSR count). The minimum atomic E-state index is -1.09. The quantitative estimate of drug-likeness (QED) is 0.817. The topological polar surface area (TPSA) is 61.1 Å². The van der Waals surface area contributed by atoms with Crippen LogP contribution in [0.5, 0.6) is 0 Å². The van der Waals surface area contributed by atoms with Gasteiger partial charge in [0.15, 0.2) is 0 Å². The Morgan fingerprint density at radius 3 is 2.79 bits per heavy atom. The highest BCUT2D eigenvalue weighted by atomic mass is 35.5. The van der Waals surface area contributed by atoms with Crippen LogP contribution in [-0.2, 0) is 11.2 Å². The zero-order valence-corrected chi connectivity index (χ0v) is 7.68. The second-order valence-corrected chi connectivity index (χ2v) is 2.96. The highest BCUT2D eigenvalue weighted by Crippen LogP contribution is 2.23. The summed E-state index contributed by atoms with van der Waals surface area (Å²) in [6, 6.07) is 3.96. The van der Waals surface area contributed by atoms with E-state index in [1.807, 2.05) is 0 Å². The minimum Gasteiger partial charge on any atom is -0.481 e. The number of halogens is 2. The molecule has 72 valence electrons. The lowest BCUT2D eigenvalue weighted by atomic mass is 10.1. The van der Waals surface area contributed by atoms with Gasteiger partial charge in [-0.15, -0.1) is 0 Å². The van der Waals surface area contributed by atoms with Crippen LogP contribution in [0.4, 0.5) is 4.39 Å². The predicted molar refractivity (Wildman–Crippen MR) is 47.5 cm³/mol. The van der Waals surface area contributed by atoms with E-state index in [4.69, 9.17) is 22.0 Å². The van der Waals surface area contributed by atoms with E-state index in [2.05, 4.69) is 0 Å². The van der Waals surface area contributed by atoms with Crippen molar-refractivity contribution in [1.82, 2.24) is 0 Å². The Morgan fingerprint density at radius 2 is 2.29 bits per heavy atom. The van der Waals surface area contributed by atoms with Crippen molar-refractivity contribution in [3.8, 4) is 6.07 Å². The van der Waals surface area contributed by atoms with Crippen LogP contribution < -0.4 is 0 Å². The molecule has 0 saturated heterocycles. The molecule has 0 aliphatic carbocycles. The first-order chi connectivity index (χ1) is 6.56. The molecule has 3 nitrogen and oxygen atoms in total. The molecule has 0 amide bonds. The smallest absolute Gasteiger partial charge is 0.307 e. The number of benzene rings is 1. The summed E-state index contributed by atoms with van der Waals surface area (Å²) >= 11 is 5.49. The number of rotatable bonds is 2. The summed E-state index contributed by atoms with van der Waals surface area (Å²) in [6.07, 6.45) is -0.344. The number of carboxylic acid groups (broad SMARTS) is 1. The zero-order valence-electron chi connectivity index (χ0n) is 6.92. The van der Waals surface area contributed by atoms with Crippen LogP contribution in [0.15, 0.2) is 12.1 Å². The summed E-state index contributed by atoms with van der Waals surface area (Å²) in [6.45, 7) is 0. The Balaban J connectivity index is 3.26. The molecule has 0 bridgehead atoms. The van der Waals surface area contributed by atoms with Gasteiger partial charge in [0.2, 0.25) is 0 Å². The van der Waals surface area contributed by atoms with Gasteiger partial charge >= 0.3 is 5.97 Å². The summed E-state index contributed by atoms with van der Waals surface area (Å²) in [5.41, 5.74) is 0.0977. The Morgan fingerprint density at radius 1 is 1.64 bits per heavy atom. The Kier molecular flexibility index (Phi) is 3.05. The molecule has 0 unspecified atom stereocenters. The van der Waals surface area contributed by atoms with E-state index >= 15 is 0 Å². The van der Waals surface area contributed by atoms with Crippen LogP contribution in [0.2, 0.25) is 5.02 Å². The Hall–Kier alpha value is -1.60. The molecule has 0 aliphatic rings. The van der Waals surface area contributed by atoms with E-state index in [0.29, 0.717) is 0 Å². The monoisotopic (exact) mass is 213 g/mol. The first-order valence-electron chi connectivity index (χ1n) is 3.65. The molecule has 5 heteroatoms. The highest BCUT2D eigenvalue weighted by Gasteiger charge is 2.13. The van der Waals surface area contributed by atoms with Crippen molar-refractivity contribution in [2.75, 3.05) is 0 Å². The van der Waals surface area contributed by atoms with Crippen LogP contribution in [-0.4, -0.2) is 11.1 Å². The Bertz CT molecular complexity index is 426. The summed E-state index contributed by atoms with van der Waals surface area (Å²) in [7, 11) is 0. The molecule has 0 fully saturated rings. The minimum absolute atomic E-state index is 0.117. The number of carboxylic acids is 1. The highest BCUT2D eigenvalue weighted by molar-refractivity contribution is 6.32. The van der Waals surface area contributed by atoms with E-state index in [1.165, 1.54) is 6.07 Å². The second-order valence-electron chi connectivity index (χ2n) is 2.58. The summed E-state index contributed by atoms with van der Waals surface area (Å²) in [5, 5.41) is 16.8. The van der Waals surface area contributed by atoms with Crippen LogP contribution in [0, 0.1) is 17.1 Å². The number of nitriles is 1. The Labute approximate surface area is 84.3 Å². The lowest BCUT2D eigenvalue weighted by Crippen LogP contribution is -2.03. The number of nitrogens with zero attached hydrogens (tertiary/aromatic N) is 1. The van der Waals surface area contributed by atoms with Gasteiger partial charge in [-0.1, -0.05) is 17.7 Å². The van der Waals surface area contributed by atoms with E-state index in [0.717, 1.165) is 6.07 Å². The molecule has 0 saturated carbocycles. The van der Waals surface area contributed by atoms with E-state index in [-0.39, 0.29) is 22.6 Å². The first-order valence-corrected chi connectivity index (χ1v) is 4.03. The second kappa shape index (κ2) is 4.07. The molecular formula is C9H5ClFNO2. The fourth-order valence-corrected chi connectivity index (χ4v) is 1.25. The third-order valence-electron chi connectivity index (χ3n) is 1.63. The third-order valence-corrected chi connectivity index (χ3v) is 2.00. The third kappa shape index (κ3) is 2.01. The van der Waals surface area contributed by atoms with Crippen molar-refractivity contribution in [3.63, 3.8) is 0 Å². The fourth-order valence-electron chi connectivity index (χ4n) is 1.02. The van der Waals surface area contributed by atoms with E-state index in [9.17, 15) is 9.18 Å². The van der Waals surface area contributed by atoms with Crippen molar-refractivity contribution in [1.29, 1.82) is 5.26 Å². The molecular weight excluding hydrogens is 209 g/mol. The van der Waals surface area contributed by atoms with Crippen molar-refractivity contribution < 1.29 is 14.3 Å². The predicted octanol–water partition coefficient (Wildman–Crippen LogP) is 1.98. The molecule has 0 atom stereocenters. The van der Waals surface area contributed by atoms with Gasteiger partial charge in [-0.3, -0.25) is 4.79 Å². The van der Waals surface area contributed by atoms with Crippen LogP contribution in [0.3, 0.4) is 0 Å². The van der Waals surface area contributed by atoms with E-state index in [1.54, 1.807) is 6.07 Å². The van der Waals surface area contributed by atoms with Gasteiger partial charge in [0, 0.05) is 0 Å². The van der Waals surface area contributed by atoms with Crippen molar-refractivity contribution in [2.24, 2.45) is 0 Å². The van der Waals surface area contributed by atoms with Gasteiger partial charge in [-0.2, -0.15) is 5.26 Å². The molecule has 0 heterocycles. The van der Waals surface area contributed by atoms with Gasteiger partial charge < -0.3 is 5.11 Å². The summed E-state index contributed by atoms with van der Waals surface area (Å²) in [4.78, 5) is 10.4. The summed E-state index contributed by atoms with van der Waals surface area (Å²) < 4.78 is 12.9. The van der Waals surface area contributed by atoms with Crippen molar-refractivity contribution >= 4 is 17.6 Å². The fraction of sp³-hybridized carbons (Fsp3) is 0.111. The standard InChI is InChI=1S/C9H5ClFNO2/c10-9-6(4-12)5(3-8(13)14)1-2-7(9)11/h1-2H,3H2,(H,13,14). The largest absolute Gasteiger partial charge is 0.481 e. The van der Waals surface area contributed by atoms with Crippen molar-refractivity contribution in [2.45, 2.75) is 6.42 Å². The number of hydrogen-bond acceptors (Lipinski definition) is 2. The van der Waals surface area contributed by atoms with Crippen LogP contribution in [0.25, 0.3) is 0 Å². The van der Waals surface area contributed by atoms with Gasteiger partial charge in [0.1, 0.15) is 11.9 Å². The molecule has 14 heavy (non-hydrogen) atoms. The average molecular weight is 214 g/mol. The van der Waals surface area contributed by atoms with Crippen LogP contribution >= 0.6 is 11.6 Å². The maximum atomic E-state index is 12.9. The lowest BCUT2D eigenvalue weighted by molar-refractivity contribution is -0.136. The maximum absolute atomic E-state index is 12.9. The normalized spacial score (nSPS) is 9.50. The average Bonchev–Trinajstić information content (AvgIpc) is 2.11. The lowest BCUT2D eigenvalue weighted by Gasteiger charge is -2.02. The first kappa shape index (κ1) is 10.5.